The summed E-state index contributed by atoms with van der Waals surface area (Å²) < 4.78 is 22.5. The van der Waals surface area contributed by atoms with Gasteiger partial charge in [0.1, 0.15) is 12.0 Å². The van der Waals surface area contributed by atoms with E-state index in [9.17, 15) is 0 Å². The lowest BCUT2D eigenvalue weighted by atomic mass is 10.1. The number of hydrogen-bond acceptors (Lipinski definition) is 8. The number of ether oxygens (including phenoxy) is 4. The number of aromatic nitrogens is 4. The molecule has 34 heavy (non-hydrogen) atoms. The second kappa shape index (κ2) is 9.95. The van der Waals surface area contributed by atoms with Crippen LogP contribution in [0.25, 0.3) is 11.4 Å². The summed E-state index contributed by atoms with van der Waals surface area (Å²) in [5, 5.41) is 11.7. The van der Waals surface area contributed by atoms with Gasteiger partial charge in [-0.1, -0.05) is 36.4 Å². The van der Waals surface area contributed by atoms with Crippen LogP contribution in [0, 0.1) is 0 Å². The maximum absolute atomic E-state index is 6.34. The van der Waals surface area contributed by atoms with Gasteiger partial charge in [0.15, 0.2) is 17.7 Å². The van der Waals surface area contributed by atoms with Gasteiger partial charge in [-0.25, -0.2) is 4.98 Å². The van der Waals surface area contributed by atoms with Crippen LogP contribution < -0.4 is 14.8 Å². The maximum Gasteiger partial charge on any atom is 0.230 e. The number of nitrogens with one attached hydrogen (secondary N) is 2. The normalized spacial score (nSPS) is 13.4. The number of methoxy groups -OCH3 is 1. The average molecular weight is 457 g/mol. The Bertz CT molecular complexity index is 1280. The Morgan fingerprint density at radius 1 is 1.06 bits per heavy atom. The Morgan fingerprint density at radius 2 is 1.97 bits per heavy atom. The molecule has 3 heterocycles. The minimum atomic E-state index is -0.421. The van der Waals surface area contributed by atoms with E-state index >= 15 is 0 Å². The number of hydrogen-bond donors (Lipinski definition) is 2. The van der Waals surface area contributed by atoms with Crippen LogP contribution in [0.3, 0.4) is 0 Å². The first-order valence-corrected chi connectivity index (χ1v) is 10.7. The van der Waals surface area contributed by atoms with Crippen LogP contribution in [0.1, 0.15) is 5.56 Å². The lowest BCUT2D eigenvalue weighted by Gasteiger charge is -2.19. The monoisotopic (exact) mass is 457 g/mol. The Morgan fingerprint density at radius 3 is 2.79 bits per heavy atom. The third kappa shape index (κ3) is 4.93. The Balaban J connectivity index is 1.38. The summed E-state index contributed by atoms with van der Waals surface area (Å²) in [4.78, 5) is 7.64. The average Bonchev–Trinajstić information content (AvgIpc) is 3.58. The number of nitrogens with zero attached hydrogens (tertiary/aromatic N) is 3. The van der Waals surface area contributed by atoms with Gasteiger partial charge in [0.25, 0.3) is 0 Å². The number of aromatic amines is 1. The molecular formula is C25H23N5O4. The van der Waals surface area contributed by atoms with Crippen molar-refractivity contribution in [3.05, 3.63) is 90.5 Å². The predicted octanol–water partition coefficient (Wildman–Crippen LogP) is 4.45. The number of benzene rings is 2. The zero-order valence-electron chi connectivity index (χ0n) is 18.5. The van der Waals surface area contributed by atoms with E-state index in [2.05, 4.69) is 25.5 Å². The molecule has 5 rings (SSSR count). The summed E-state index contributed by atoms with van der Waals surface area (Å²) in [6.07, 6.45) is 3.42. The van der Waals surface area contributed by atoms with Crippen molar-refractivity contribution in [1.82, 2.24) is 20.2 Å². The molecule has 1 atom stereocenters. The third-order valence-electron chi connectivity index (χ3n) is 5.17. The fourth-order valence-corrected chi connectivity index (χ4v) is 3.53. The van der Waals surface area contributed by atoms with Gasteiger partial charge in [0, 0.05) is 24.4 Å². The number of H-pyrrole nitrogens is 1. The molecule has 0 amide bonds. The maximum atomic E-state index is 6.34. The predicted molar refractivity (Wildman–Crippen MR) is 126 cm³/mol. The zero-order chi connectivity index (χ0) is 23.2. The van der Waals surface area contributed by atoms with Crippen LogP contribution in [0.2, 0.25) is 0 Å². The first-order chi connectivity index (χ1) is 16.8. The SMILES string of the molecule is COc1cccc(Nc2nnc(-c3cccnc3OC(Cc3ccccc3)C3=COCO3)[nH]2)c1. The van der Waals surface area contributed by atoms with E-state index in [4.69, 9.17) is 18.9 Å². The lowest BCUT2D eigenvalue weighted by Crippen LogP contribution is -2.23. The van der Waals surface area contributed by atoms with Crippen molar-refractivity contribution in [2.45, 2.75) is 12.5 Å². The van der Waals surface area contributed by atoms with E-state index in [1.807, 2.05) is 66.7 Å². The topological polar surface area (TPSA) is 103 Å². The molecule has 1 unspecified atom stereocenters. The Kier molecular flexibility index (Phi) is 6.24. The van der Waals surface area contributed by atoms with Crippen LogP contribution >= 0.6 is 0 Å². The highest BCUT2D eigenvalue weighted by atomic mass is 16.7. The molecule has 2 N–H and O–H groups in total. The minimum absolute atomic E-state index is 0.167. The molecule has 172 valence electrons. The molecule has 0 fully saturated rings. The Hall–Kier alpha value is -4.53. The van der Waals surface area contributed by atoms with E-state index in [0.717, 1.165) is 17.0 Å². The molecule has 0 saturated heterocycles. The van der Waals surface area contributed by atoms with Crippen LogP contribution in [0.4, 0.5) is 11.6 Å². The van der Waals surface area contributed by atoms with Crippen molar-refractivity contribution in [3.8, 4) is 23.0 Å². The fourth-order valence-electron chi connectivity index (χ4n) is 3.53. The molecule has 9 nitrogen and oxygen atoms in total. The largest absolute Gasteiger partial charge is 0.497 e. The molecule has 2 aromatic carbocycles. The van der Waals surface area contributed by atoms with Gasteiger partial charge in [0.2, 0.25) is 18.6 Å². The molecule has 9 heteroatoms. The molecule has 1 aliphatic rings. The van der Waals surface area contributed by atoms with E-state index in [0.29, 0.717) is 35.4 Å². The smallest absolute Gasteiger partial charge is 0.230 e. The van der Waals surface area contributed by atoms with Crippen LogP contribution in [-0.2, 0) is 15.9 Å². The van der Waals surface area contributed by atoms with Gasteiger partial charge in [-0.05, 0) is 29.8 Å². The molecular weight excluding hydrogens is 434 g/mol. The van der Waals surface area contributed by atoms with E-state index < -0.39 is 6.10 Å². The minimum Gasteiger partial charge on any atom is -0.497 e. The van der Waals surface area contributed by atoms with E-state index in [1.165, 1.54) is 0 Å². The van der Waals surface area contributed by atoms with Crippen molar-refractivity contribution in [1.29, 1.82) is 0 Å². The van der Waals surface area contributed by atoms with Crippen molar-refractivity contribution in [2.75, 3.05) is 19.2 Å². The molecule has 1 aliphatic heterocycles. The standard InChI is InChI=1S/C25H23N5O4/c1-31-19-10-5-9-18(14-19)27-25-28-23(29-30-25)20-11-6-12-26-24(20)34-21(22-15-32-16-33-22)13-17-7-3-2-4-8-17/h2-12,14-15,21H,13,16H2,1H3,(H2,27,28,29,30). The van der Waals surface area contributed by atoms with Crippen molar-refractivity contribution in [3.63, 3.8) is 0 Å². The summed E-state index contributed by atoms with van der Waals surface area (Å²) >= 11 is 0. The molecule has 0 saturated carbocycles. The van der Waals surface area contributed by atoms with Gasteiger partial charge in [0.05, 0.1) is 12.7 Å². The van der Waals surface area contributed by atoms with E-state index in [-0.39, 0.29) is 6.79 Å². The fraction of sp³-hybridized carbons (Fsp3) is 0.160. The Labute approximate surface area is 196 Å². The van der Waals surface area contributed by atoms with Crippen LogP contribution in [0.5, 0.6) is 11.6 Å². The van der Waals surface area contributed by atoms with Crippen LogP contribution in [0.15, 0.2) is 84.9 Å². The first-order valence-electron chi connectivity index (χ1n) is 10.7. The molecule has 0 spiro atoms. The van der Waals surface area contributed by atoms with Gasteiger partial charge < -0.3 is 29.2 Å². The molecule has 0 radical (unpaired) electrons. The summed E-state index contributed by atoms with van der Waals surface area (Å²) in [5.74, 6) is 2.76. The zero-order valence-corrected chi connectivity index (χ0v) is 18.5. The van der Waals surface area contributed by atoms with E-state index in [1.54, 1.807) is 19.6 Å². The van der Waals surface area contributed by atoms with Gasteiger partial charge in [-0.2, -0.15) is 0 Å². The van der Waals surface area contributed by atoms with Gasteiger partial charge in [-0.15, -0.1) is 10.2 Å². The molecule has 2 aromatic heterocycles. The summed E-state index contributed by atoms with van der Waals surface area (Å²) in [6, 6.07) is 21.3. The highest BCUT2D eigenvalue weighted by Gasteiger charge is 2.25. The molecule has 0 bridgehead atoms. The van der Waals surface area contributed by atoms with Gasteiger partial charge in [-0.3, -0.25) is 0 Å². The first kappa shape index (κ1) is 21.3. The highest BCUT2D eigenvalue weighted by molar-refractivity contribution is 5.64. The highest BCUT2D eigenvalue weighted by Crippen LogP contribution is 2.30. The number of anilines is 2. The van der Waals surface area contributed by atoms with Gasteiger partial charge >= 0.3 is 0 Å². The lowest BCUT2D eigenvalue weighted by molar-refractivity contribution is 0.0549. The number of pyridine rings is 1. The van der Waals surface area contributed by atoms with Crippen molar-refractivity contribution < 1.29 is 18.9 Å². The van der Waals surface area contributed by atoms with Crippen LogP contribution in [-0.4, -0.2) is 40.2 Å². The van der Waals surface area contributed by atoms with Crippen molar-refractivity contribution >= 4 is 11.6 Å². The molecule has 0 aliphatic carbocycles. The summed E-state index contributed by atoms with van der Waals surface area (Å²) in [5.41, 5.74) is 2.59. The second-order valence-electron chi connectivity index (χ2n) is 7.48. The second-order valence-corrected chi connectivity index (χ2v) is 7.48. The summed E-state index contributed by atoms with van der Waals surface area (Å²) in [7, 11) is 1.62. The third-order valence-corrected chi connectivity index (χ3v) is 5.17. The quantitative estimate of drug-likeness (QED) is 0.380. The summed E-state index contributed by atoms with van der Waals surface area (Å²) in [6.45, 7) is 0.167. The number of rotatable bonds is 9. The molecule has 4 aromatic rings. The van der Waals surface area contributed by atoms with Crippen molar-refractivity contribution in [2.24, 2.45) is 0 Å².